The van der Waals surface area contributed by atoms with Crippen molar-refractivity contribution in [3.8, 4) is 11.3 Å². The van der Waals surface area contributed by atoms with Crippen LogP contribution in [-0.2, 0) is 11.2 Å². The first kappa shape index (κ1) is 17.1. The number of carbonyl (C=O) groups excluding carboxylic acids is 1. The molecule has 0 radical (unpaired) electrons. The molecule has 0 atom stereocenters. The molecule has 3 aromatic heterocycles. The third-order valence-electron chi connectivity index (χ3n) is 4.11. The highest BCUT2D eigenvalue weighted by molar-refractivity contribution is 6.30. The number of rotatable bonds is 4. The minimum absolute atomic E-state index is 0.161. The highest BCUT2D eigenvalue weighted by Crippen LogP contribution is 2.23. The quantitative estimate of drug-likeness (QED) is 0.570. The molecule has 0 aliphatic carbocycles. The van der Waals surface area contributed by atoms with Crippen molar-refractivity contribution in [2.24, 2.45) is 0 Å². The average Bonchev–Trinajstić information content (AvgIpc) is 2.70. The summed E-state index contributed by atoms with van der Waals surface area (Å²) in [6.45, 7) is 0. The second-order valence-electron chi connectivity index (χ2n) is 6.01. The van der Waals surface area contributed by atoms with Crippen molar-refractivity contribution >= 4 is 34.2 Å². The molecule has 0 saturated heterocycles. The second-order valence-corrected chi connectivity index (χ2v) is 6.45. The molecule has 0 bridgehead atoms. The van der Waals surface area contributed by atoms with Gasteiger partial charge in [-0.3, -0.25) is 9.78 Å². The molecule has 0 aliphatic rings. The fourth-order valence-corrected chi connectivity index (χ4v) is 2.95. The third kappa shape index (κ3) is 3.93. The smallest absolute Gasteiger partial charge is 0.230 e. The Hall–Kier alpha value is -3.31. The predicted molar refractivity (Wildman–Crippen MR) is 107 cm³/mol. The van der Waals surface area contributed by atoms with E-state index < -0.39 is 0 Å². The Morgan fingerprint density at radius 1 is 1.00 bits per heavy atom. The van der Waals surface area contributed by atoms with Crippen LogP contribution in [0.3, 0.4) is 0 Å². The summed E-state index contributed by atoms with van der Waals surface area (Å²) in [5, 5.41) is 4.29. The maximum absolute atomic E-state index is 12.4. The van der Waals surface area contributed by atoms with Crippen LogP contribution in [-0.4, -0.2) is 20.9 Å². The van der Waals surface area contributed by atoms with Gasteiger partial charge in [0, 0.05) is 29.5 Å². The van der Waals surface area contributed by atoms with Gasteiger partial charge in [-0.15, -0.1) is 0 Å². The van der Waals surface area contributed by atoms with Crippen molar-refractivity contribution in [1.82, 2.24) is 15.0 Å². The Balaban J connectivity index is 1.62. The van der Waals surface area contributed by atoms with Crippen molar-refractivity contribution in [2.75, 3.05) is 5.32 Å². The number of pyridine rings is 3. The van der Waals surface area contributed by atoms with E-state index in [0.717, 1.165) is 27.7 Å². The number of aromatic nitrogens is 3. The standard InChI is InChI=1S/C21H15ClN4O/c22-17-7-9-19(24-13-17)26-20(27)11-15-4-1-3-14-6-8-18(25-21(14)15)16-5-2-10-23-12-16/h1-10,12-13H,11H2,(H,24,26,27). The SMILES string of the molecule is O=C(Cc1cccc2ccc(-c3cccnc3)nc12)Nc1ccc(Cl)cn1. The van der Waals surface area contributed by atoms with E-state index >= 15 is 0 Å². The molecule has 0 saturated carbocycles. The second kappa shape index (κ2) is 7.51. The Morgan fingerprint density at radius 2 is 1.93 bits per heavy atom. The van der Waals surface area contributed by atoms with Crippen LogP contribution in [0.15, 0.2) is 73.2 Å². The maximum Gasteiger partial charge on any atom is 0.230 e. The van der Waals surface area contributed by atoms with E-state index in [1.54, 1.807) is 24.5 Å². The van der Waals surface area contributed by atoms with E-state index in [1.165, 1.54) is 6.20 Å². The first-order valence-corrected chi connectivity index (χ1v) is 8.77. The molecule has 1 aromatic carbocycles. The molecule has 27 heavy (non-hydrogen) atoms. The van der Waals surface area contributed by atoms with E-state index in [-0.39, 0.29) is 12.3 Å². The van der Waals surface area contributed by atoms with Crippen molar-refractivity contribution in [3.63, 3.8) is 0 Å². The fraction of sp³-hybridized carbons (Fsp3) is 0.0476. The summed E-state index contributed by atoms with van der Waals surface area (Å²) in [5.74, 6) is 0.305. The minimum Gasteiger partial charge on any atom is -0.310 e. The molecule has 6 heteroatoms. The van der Waals surface area contributed by atoms with Gasteiger partial charge in [-0.25, -0.2) is 9.97 Å². The lowest BCUT2D eigenvalue weighted by atomic mass is 10.0. The van der Waals surface area contributed by atoms with Crippen LogP contribution >= 0.6 is 11.6 Å². The van der Waals surface area contributed by atoms with Crippen molar-refractivity contribution in [1.29, 1.82) is 0 Å². The molecule has 5 nitrogen and oxygen atoms in total. The van der Waals surface area contributed by atoms with Crippen molar-refractivity contribution < 1.29 is 4.79 Å². The van der Waals surface area contributed by atoms with Crippen LogP contribution < -0.4 is 5.32 Å². The van der Waals surface area contributed by atoms with Crippen LogP contribution in [0.5, 0.6) is 0 Å². The van der Waals surface area contributed by atoms with E-state index in [2.05, 4.69) is 15.3 Å². The maximum atomic E-state index is 12.4. The number of nitrogens with one attached hydrogen (secondary N) is 1. The summed E-state index contributed by atoms with van der Waals surface area (Å²) in [6.07, 6.45) is 5.20. The van der Waals surface area contributed by atoms with E-state index in [9.17, 15) is 4.79 Å². The number of anilines is 1. The highest BCUT2D eigenvalue weighted by atomic mass is 35.5. The lowest BCUT2D eigenvalue weighted by Crippen LogP contribution is -2.15. The summed E-state index contributed by atoms with van der Waals surface area (Å²) in [6, 6.07) is 17.0. The number of halogens is 1. The topological polar surface area (TPSA) is 67.8 Å². The van der Waals surface area contributed by atoms with Gasteiger partial charge in [0.2, 0.25) is 5.91 Å². The molecule has 3 heterocycles. The van der Waals surface area contributed by atoms with Gasteiger partial charge in [-0.1, -0.05) is 35.9 Å². The first-order chi connectivity index (χ1) is 13.2. The Labute approximate surface area is 161 Å². The molecule has 1 N–H and O–H groups in total. The van der Waals surface area contributed by atoms with Gasteiger partial charge in [0.05, 0.1) is 22.7 Å². The minimum atomic E-state index is -0.161. The first-order valence-electron chi connectivity index (χ1n) is 8.39. The Bertz CT molecular complexity index is 1100. The van der Waals surface area contributed by atoms with E-state index in [0.29, 0.717) is 10.8 Å². The summed E-state index contributed by atoms with van der Waals surface area (Å²) in [4.78, 5) is 25.4. The lowest BCUT2D eigenvalue weighted by Gasteiger charge is -2.09. The summed E-state index contributed by atoms with van der Waals surface area (Å²) in [7, 11) is 0. The van der Waals surface area contributed by atoms with Crippen molar-refractivity contribution in [3.05, 3.63) is 83.8 Å². The number of hydrogen-bond donors (Lipinski definition) is 1. The zero-order chi connectivity index (χ0) is 18.6. The molecule has 0 spiro atoms. The monoisotopic (exact) mass is 374 g/mol. The largest absolute Gasteiger partial charge is 0.310 e. The van der Waals surface area contributed by atoms with E-state index in [4.69, 9.17) is 16.6 Å². The Kier molecular flexibility index (Phi) is 4.77. The molecule has 0 fully saturated rings. The summed E-state index contributed by atoms with van der Waals surface area (Å²) in [5.41, 5.74) is 3.41. The van der Waals surface area contributed by atoms with Gasteiger partial charge < -0.3 is 5.32 Å². The Morgan fingerprint density at radius 3 is 2.70 bits per heavy atom. The molecular formula is C21H15ClN4O. The number of carbonyl (C=O) groups is 1. The number of fused-ring (bicyclic) bond motifs is 1. The van der Waals surface area contributed by atoms with Gasteiger partial charge in [-0.05, 0) is 35.9 Å². The number of amides is 1. The zero-order valence-corrected chi connectivity index (χ0v) is 15.0. The van der Waals surface area contributed by atoms with Gasteiger partial charge in [0.15, 0.2) is 0 Å². The molecule has 1 amide bonds. The predicted octanol–water partition coefficient (Wildman–Crippen LogP) is 4.53. The lowest BCUT2D eigenvalue weighted by molar-refractivity contribution is -0.115. The molecule has 0 aliphatic heterocycles. The number of nitrogens with zero attached hydrogens (tertiary/aromatic N) is 3. The zero-order valence-electron chi connectivity index (χ0n) is 14.3. The average molecular weight is 375 g/mol. The highest BCUT2D eigenvalue weighted by Gasteiger charge is 2.10. The molecular weight excluding hydrogens is 360 g/mol. The van der Waals surface area contributed by atoms with Crippen LogP contribution in [0, 0.1) is 0 Å². The van der Waals surface area contributed by atoms with E-state index in [1.807, 2.05) is 42.5 Å². The molecule has 132 valence electrons. The number of benzene rings is 1. The van der Waals surface area contributed by atoms with Gasteiger partial charge in [0.1, 0.15) is 5.82 Å². The van der Waals surface area contributed by atoms with Crippen LogP contribution in [0.2, 0.25) is 5.02 Å². The summed E-state index contributed by atoms with van der Waals surface area (Å²) >= 11 is 5.82. The molecule has 4 rings (SSSR count). The van der Waals surface area contributed by atoms with Gasteiger partial charge in [0.25, 0.3) is 0 Å². The van der Waals surface area contributed by atoms with Gasteiger partial charge >= 0.3 is 0 Å². The van der Waals surface area contributed by atoms with Crippen LogP contribution in [0.25, 0.3) is 22.2 Å². The number of hydrogen-bond acceptors (Lipinski definition) is 4. The number of para-hydroxylation sites is 1. The van der Waals surface area contributed by atoms with Crippen LogP contribution in [0.4, 0.5) is 5.82 Å². The molecule has 4 aromatic rings. The molecule has 0 unspecified atom stereocenters. The fourth-order valence-electron chi connectivity index (χ4n) is 2.84. The van der Waals surface area contributed by atoms with Crippen LogP contribution in [0.1, 0.15) is 5.56 Å². The third-order valence-corrected chi connectivity index (χ3v) is 4.33. The normalized spacial score (nSPS) is 10.7. The van der Waals surface area contributed by atoms with Gasteiger partial charge in [-0.2, -0.15) is 0 Å². The van der Waals surface area contributed by atoms with Crippen molar-refractivity contribution in [2.45, 2.75) is 6.42 Å². The summed E-state index contributed by atoms with van der Waals surface area (Å²) < 4.78 is 0.